The van der Waals surface area contributed by atoms with Gasteiger partial charge in [0.05, 0.1) is 29.3 Å². The lowest BCUT2D eigenvalue weighted by atomic mass is 10.2. The van der Waals surface area contributed by atoms with Crippen LogP contribution < -0.4 is 5.32 Å². The molecule has 2 atom stereocenters. The SMILES string of the molecule is O=S1(=O)CC(O)C(Nc2ccccc2F)C1. The van der Waals surface area contributed by atoms with Crippen LogP contribution in [0.1, 0.15) is 0 Å². The van der Waals surface area contributed by atoms with Crippen LogP contribution in [0.2, 0.25) is 0 Å². The second-order valence-corrected chi connectivity index (χ2v) is 6.03. The molecule has 1 aliphatic rings. The molecule has 88 valence electrons. The summed E-state index contributed by atoms with van der Waals surface area (Å²) in [6.45, 7) is 0. The van der Waals surface area contributed by atoms with Gasteiger partial charge in [-0.2, -0.15) is 0 Å². The van der Waals surface area contributed by atoms with E-state index in [2.05, 4.69) is 5.32 Å². The van der Waals surface area contributed by atoms with E-state index < -0.39 is 27.8 Å². The highest BCUT2D eigenvalue weighted by Gasteiger charge is 2.36. The topological polar surface area (TPSA) is 66.4 Å². The molecule has 1 aromatic carbocycles. The number of benzene rings is 1. The fraction of sp³-hybridized carbons (Fsp3) is 0.400. The van der Waals surface area contributed by atoms with E-state index in [1.807, 2.05) is 0 Å². The first-order valence-electron chi connectivity index (χ1n) is 4.87. The monoisotopic (exact) mass is 245 g/mol. The highest BCUT2D eigenvalue weighted by molar-refractivity contribution is 7.91. The molecule has 6 heteroatoms. The number of nitrogens with one attached hydrogen (secondary N) is 1. The molecular formula is C10H12FNO3S. The van der Waals surface area contributed by atoms with Crippen molar-refractivity contribution >= 4 is 15.5 Å². The molecule has 0 spiro atoms. The Bertz CT molecular complexity index is 489. The summed E-state index contributed by atoms with van der Waals surface area (Å²) in [7, 11) is -3.21. The van der Waals surface area contributed by atoms with Gasteiger partial charge < -0.3 is 10.4 Å². The highest BCUT2D eigenvalue weighted by Crippen LogP contribution is 2.20. The van der Waals surface area contributed by atoms with Crippen molar-refractivity contribution in [3.63, 3.8) is 0 Å². The zero-order valence-electron chi connectivity index (χ0n) is 8.43. The molecule has 4 nitrogen and oxygen atoms in total. The van der Waals surface area contributed by atoms with Gasteiger partial charge in [-0.25, -0.2) is 12.8 Å². The van der Waals surface area contributed by atoms with Crippen LogP contribution in [0.4, 0.5) is 10.1 Å². The number of sulfone groups is 1. The largest absolute Gasteiger partial charge is 0.390 e. The van der Waals surface area contributed by atoms with Crippen LogP contribution >= 0.6 is 0 Å². The van der Waals surface area contributed by atoms with E-state index in [0.717, 1.165) is 0 Å². The summed E-state index contributed by atoms with van der Waals surface area (Å²) in [5.41, 5.74) is 0.212. The summed E-state index contributed by atoms with van der Waals surface area (Å²) in [5, 5.41) is 12.2. The fourth-order valence-electron chi connectivity index (χ4n) is 1.74. The van der Waals surface area contributed by atoms with Gasteiger partial charge in [-0.05, 0) is 12.1 Å². The number of aliphatic hydroxyl groups is 1. The number of halogens is 1. The number of hydrogen-bond acceptors (Lipinski definition) is 4. The maximum atomic E-state index is 13.3. The Labute approximate surface area is 93.0 Å². The predicted molar refractivity (Wildman–Crippen MR) is 58.5 cm³/mol. The van der Waals surface area contributed by atoms with Crippen molar-refractivity contribution in [1.29, 1.82) is 0 Å². The number of rotatable bonds is 2. The molecule has 0 aliphatic carbocycles. The van der Waals surface area contributed by atoms with E-state index in [1.54, 1.807) is 12.1 Å². The quantitative estimate of drug-likeness (QED) is 0.791. The van der Waals surface area contributed by atoms with Crippen molar-refractivity contribution in [3.8, 4) is 0 Å². The van der Waals surface area contributed by atoms with Gasteiger partial charge >= 0.3 is 0 Å². The van der Waals surface area contributed by atoms with Gasteiger partial charge in [0.15, 0.2) is 9.84 Å². The lowest BCUT2D eigenvalue weighted by Crippen LogP contribution is -2.32. The minimum atomic E-state index is -3.21. The highest BCUT2D eigenvalue weighted by atomic mass is 32.2. The van der Waals surface area contributed by atoms with Gasteiger partial charge in [0, 0.05) is 0 Å². The third-order valence-electron chi connectivity index (χ3n) is 2.54. The normalized spacial score (nSPS) is 27.9. The number of para-hydroxylation sites is 1. The molecule has 2 unspecified atom stereocenters. The van der Waals surface area contributed by atoms with E-state index in [4.69, 9.17) is 0 Å². The molecule has 1 aromatic rings. The van der Waals surface area contributed by atoms with E-state index in [0.29, 0.717) is 0 Å². The maximum Gasteiger partial charge on any atom is 0.155 e. The summed E-state index contributed by atoms with van der Waals surface area (Å²) in [4.78, 5) is 0. The molecule has 2 rings (SSSR count). The smallest absolute Gasteiger partial charge is 0.155 e. The Morgan fingerprint density at radius 1 is 1.31 bits per heavy atom. The number of aliphatic hydroxyl groups excluding tert-OH is 1. The van der Waals surface area contributed by atoms with Crippen LogP contribution in [0.25, 0.3) is 0 Å². The molecule has 1 heterocycles. The molecule has 1 fully saturated rings. The lowest BCUT2D eigenvalue weighted by Gasteiger charge is -2.16. The molecule has 0 bridgehead atoms. The van der Waals surface area contributed by atoms with Gasteiger partial charge in [-0.1, -0.05) is 12.1 Å². The Morgan fingerprint density at radius 2 is 2.00 bits per heavy atom. The first-order chi connectivity index (χ1) is 7.48. The molecule has 0 radical (unpaired) electrons. The zero-order chi connectivity index (χ0) is 11.8. The van der Waals surface area contributed by atoms with Crippen molar-refractivity contribution in [3.05, 3.63) is 30.1 Å². The van der Waals surface area contributed by atoms with Crippen LogP contribution in [0.3, 0.4) is 0 Å². The van der Waals surface area contributed by atoms with Gasteiger partial charge in [-0.15, -0.1) is 0 Å². The Kier molecular flexibility index (Phi) is 2.86. The van der Waals surface area contributed by atoms with Crippen molar-refractivity contribution in [1.82, 2.24) is 0 Å². The molecule has 16 heavy (non-hydrogen) atoms. The van der Waals surface area contributed by atoms with Crippen molar-refractivity contribution in [2.45, 2.75) is 12.1 Å². The van der Waals surface area contributed by atoms with E-state index >= 15 is 0 Å². The van der Waals surface area contributed by atoms with Crippen LogP contribution in [0.5, 0.6) is 0 Å². The molecule has 0 aromatic heterocycles. The van der Waals surface area contributed by atoms with Crippen molar-refractivity contribution in [2.75, 3.05) is 16.8 Å². The Morgan fingerprint density at radius 3 is 2.56 bits per heavy atom. The van der Waals surface area contributed by atoms with Crippen LogP contribution in [0, 0.1) is 5.82 Å². The Balaban J connectivity index is 2.15. The van der Waals surface area contributed by atoms with Crippen LogP contribution in [0.15, 0.2) is 24.3 Å². The third-order valence-corrected chi connectivity index (χ3v) is 4.25. The average molecular weight is 245 g/mol. The fourth-order valence-corrected chi connectivity index (χ4v) is 3.49. The van der Waals surface area contributed by atoms with E-state index in [1.165, 1.54) is 12.1 Å². The summed E-state index contributed by atoms with van der Waals surface area (Å²) >= 11 is 0. The summed E-state index contributed by atoms with van der Waals surface area (Å²) in [6.07, 6.45) is -0.982. The third kappa shape index (κ3) is 2.33. The first-order valence-corrected chi connectivity index (χ1v) is 6.70. The molecule has 0 saturated carbocycles. The van der Waals surface area contributed by atoms with Gasteiger partial charge in [-0.3, -0.25) is 0 Å². The summed E-state index contributed by atoms with van der Waals surface area (Å²) in [6, 6.07) is 5.33. The van der Waals surface area contributed by atoms with Gasteiger partial charge in [0.1, 0.15) is 5.82 Å². The first kappa shape index (κ1) is 11.3. The molecule has 1 aliphatic heterocycles. The number of hydrogen-bond donors (Lipinski definition) is 2. The Hall–Kier alpha value is -1.14. The zero-order valence-corrected chi connectivity index (χ0v) is 9.24. The van der Waals surface area contributed by atoms with E-state index in [9.17, 15) is 17.9 Å². The maximum absolute atomic E-state index is 13.3. The lowest BCUT2D eigenvalue weighted by molar-refractivity contribution is 0.190. The summed E-state index contributed by atoms with van der Waals surface area (Å²) < 4.78 is 35.7. The van der Waals surface area contributed by atoms with Crippen molar-refractivity contribution in [2.24, 2.45) is 0 Å². The van der Waals surface area contributed by atoms with Crippen LogP contribution in [-0.2, 0) is 9.84 Å². The van der Waals surface area contributed by atoms with Gasteiger partial charge in [0.25, 0.3) is 0 Å². The average Bonchev–Trinajstić information content (AvgIpc) is 2.44. The molecule has 1 saturated heterocycles. The van der Waals surface area contributed by atoms with Gasteiger partial charge in [0.2, 0.25) is 0 Å². The molecule has 2 N–H and O–H groups in total. The minimum Gasteiger partial charge on any atom is -0.390 e. The summed E-state index contributed by atoms with van der Waals surface area (Å²) in [5.74, 6) is -0.888. The standard InChI is InChI=1S/C10H12FNO3S/c11-7-3-1-2-4-8(7)12-9-5-16(14,15)6-10(9)13/h1-4,9-10,12-13H,5-6H2. The van der Waals surface area contributed by atoms with Crippen LogP contribution in [-0.4, -0.2) is 37.2 Å². The molecule has 0 amide bonds. The van der Waals surface area contributed by atoms with Crippen molar-refractivity contribution < 1.29 is 17.9 Å². The molecular weight excluding hydrogens is 233 g/mol. The van der Waals surface area contributed by atoms with E-state index in [-0.39, 0.29) is 17.2 Å². The second-order valence-electron chi connectivity index (χ2n) is 3.87. The number of anilines is 1. The predicted octanol–water partition coefficient (Wildman–Crippen LogP) is 0.395. The minimum absolute atomic E-state index is 0.164. The second kappa shape index (κ2) is 4.03.